The molecule has 0 bridgehead atoms. The van der Waals surface area contributed by atoms with E-state index in [-0.39, 0.29) is 6.04 Å². The fraction of sp³-hybridized carbons (Fsp3) is 0.526. The van der Waals surface area contributed by atoms with Crippen molar-refractivity contribution in [3.8, 4) is 11.3 Å². The number of anilines is 1. The van der Waals surface area contributed by atoms with Crippen molar-refractivity contribution in [2.75, 3.05) is 32.1 Å². The molecular formula is C19H27N3O3S2. The summed E-state index contributed by atoms with van der Waals surface area (Å²) in [6.45, 7) is 3.88. The lowest BCUT2D eigenvalue weighted by molar-refractivity contribution is 0.190. The van der Waals surface area contributed by atoms with Crippen molar-refractivity contribution >= 4 is 26.5 Å². The number of methoxy groups -OCH3 is 1. The van der Waals surface area contributed by atoms with Crippen LogP contribution in [0.3, 0.4) is 0 Å². The highest BCUT2D eigenvalue weighted by Gasteiger charge is 2.25. The normalized spacial score (nSPS) is 17.4. The van der Waals surface area contributed by atoms with E-state index in [1.807, 2.05) is 24.4 Å². The number of aromatic nitrogens is 1. The lowest BCUT2D eigenvalue weighted by Crippen LogP contribution is -2.31. The van der Waals surface area contributed by atoms with Crippen LogP contribution in [-0.4, -0.2) is 50.6 Å². The van der Waals surface area contributed by atoms with Gasteiger partial charge >= 0.3 is 0 Å². The average Bonchev–Trinajstić information content (AvgIpc) is 2.93. The van der Waals surface area contributed by atoms with Crippen LogP contribution in [0.1, 0.15) is 32.6 Å². The van der Waals surface area contributed by atoms with Crippen LogP contribution in [0.5, 0.6) is 0 Å². The van der Waals surface area contributed by atoms with Crippen LogP contribution in [-0.2, 0) is 14.8 Å². The van der Waals surface area contributed by atoms with Gasteiger partial charge in [-0.2, -0.15) is 4.31 Å². The molecule has 0 spiro atoms. The molecular weight excluding hydrogens is 382 g/mol. The summed E-state index contributed by atoms with van der Waals surface area (Å²) in [5.41, 5.74) is 1.75. The molecule has 27 heavy (non-hydrogen) atoms. The molecule has 0 saturated carbocycles. The van der Waals surface area contributed by atoms with Crippen LogP contribution in [0.4, 0.5) is 5.13 Å². The summed E-state index contributed by atoms with van der Waals surface area (Å²) in [6.07, 6.45) is 4.09. The second-order valence-corrected chi connectivity index (χ2v) is 9.68. The van der Waals surface area contributed by atoms with Crippen molar-refractivity contribution in [3.05, 3.63) is 29.6 Å². The smallest absolute Gasteiger partial charge is 0.243 e. The molecule has 148 valence electrons. The van der Waals surface area contributed by atoms with Gasteiger partial charge in [0, 0.05) is 37.2 Å². The number of rotatable bonds is 7. The maximum absolute atomic E-state index is 12.9. The van der Waals surface area contributed by atoms with Gasteiger partial charge < -0.3 is 10.1 Å². The lowest BCUT2D eigenvalue weighted by Gasteiger charge is -2.20. The van der Waals surface area contributed by atoms with Crippen molar-refractivity contribution in [1.82, 2.24) is 9.29 Å². The van der Waals surface area contributed by atoms with Crippen LogP contribution < -0.4 is 5.32 Å². The Hall–Kier alpha value is -1.48. The summed E-state index contributed by atoms with van der Waals surface area (Å²) in [6, 6.07) is 7.23. The Morgan fingerprint density at radius 1 is 1.19 bits per heavy atom. The third-order valence-corrected chi connectivity index (χ3v) is 7.33. The Kier molecular flexibility index (Phi) is 6.86. The number of ether oxygens (including phenoxy) is 1. The standard InChI is InChI=1S/C19H27N3O3S2/c1-15(13-25-2)20-19-21-18(14-26-19)16-7-9-17(10-8-16)27(23,24)22-11-5-3-4-6-12-22/h7-10,14-15H,3-6,11-13H2,1-2H3,(H,20,21)/t15-/m0/s1. The second kappa shape index (κ2) is 9.14. The third-order valence-electron chi connectivity index (χ3n) is 4.64. The van der Waals surface area contributed by atoms with E-state index in [0.29, 0.717) is 24.6 Å². The van der Waals surface area contributed by atoms with Gasteiger partial charge in [-0.15, -0.1) is 11.3 Å². The molecule has 0 radical (unpaired) electrons. The minimum atomic E-state index is -3.41. The number of hydrogen-bond donors (Lipinski definition) is 1. The maximum Gasteiger partial charge on any atom is 0.243 e. The van der Waals surface area contributed by atoms with E-state index in [9.17, 15) is 8.42 Å². The molecule has 8 heteroatoms. The Labute approximate surface area is 165 Å². The number of benzene rings is 1. The van der Waals surface area contributed by atoms with E-state index in [1.165, 1.54) is 11.3 Å². The molecule has 1 atom stereocenters. The van der Waals surface area contributed by atoms with Gasteiger partial charge in [0.25, 0.3) is 0 Å². The van der Waals surface area contributed by atoms with Crippen molar-refractivity contribution in [2.45, 2.75) is 43.5 Å². The molecule has 1 aromatic carbocycles. The molecule has 1 N–H and O–H groups in total. The first-order chi connectivity index (χ1) is 13.0. The van der Waals surface area contributed by atoms with Crippen molar-refractivity contribution < 1.29 is 13.2 Å². The third kappa shape index (κ3) is 5.07. The molecule has 1 fully saturated rings. The van der Waals surface area contributed by atoms with E-state index < -0.39 is 10.0 Å². The first kappa shape index (κ1) is 20.3. The molecule has 6 nitrogen and oxygen atoms in total. The molecule has 3 rings (SSSR count). The van der Waals surface area contributed by atoms with Crippen molar-refractivity contribution in [2.24, 2.45) is 0 Å². The minimum Gasteiger partial charge on any atom is -0.383 e. The van der Waals surface area contributed by atoms with Crippen LogP contribution in [0, 0.1) is 0 Å². The minimum absolute atomic E-state index is 0.176. The predicted molar refractivity (Wildman–Crippen MR) is 110 cm³/mol. The summed E-state index contributed by atoms with van der Waals surface area (Å²) in [5, 5.41) is 6.10. The van der Waals surface area contributed by atoms with E-state index >= 15 is 0 Å². The van der Waals surface area contributed by atoms with E-state index in [1.54, 1.807) is 23.5 Å². The fourth-order valence-corrected chi connectivity index (χ4v) is 5.55. The molecule has 2 aromatic rings. The highest BCUT2D eigenvalue weighted by molar-refractivity contribution is 7.89. The van der Waals surface area contributed by atoms with Gasteiger partial charge in [-0.3, -0.25) is 0 Å². The molecule has 1 aliphatic heterocycles. The summed E-state index contributed by atoms with van der Waals surface area (Å²) >= 11 is 1.53. The zero-order valence-corrected chi connectivity index (χ0v) is 17.5. The monoisotopic (exact) mass is 409 g/mol. The molecule has 1 aliphatic rings. The number of thiazole rings is 1. The molecule has 0 amide bonds. The van der Waals surface area contributed by atoms with E-state index in [0.717, 1.165) is 42.1 Å². The van der Waals surface area contributed by atoms with E-state index in [2.05, 4.69) is 10.3 Å². The Morgan fingerprint density at radius 3 is 2.48 bits per heavy atom. The number of nitrogens with zero attached hydrogens (tertiary/aromatic N) is 2. The zero-order chi connectivity index (χ0) is 19.3. The number of nitrogens with one attached hydrogen (secondary N) is 1. The Bertz CT molecular complexity index is 826. The average molecular weight is 410 g/mol. The second-order valence-electron chi connectivity index (χ2n) is 6.88. The first-order valence-corrected chi connectivity index (χ1v) is 11.6. The SMILES string of the molecule is COC[C@H](C)Nc1nc(-c2ccc(S(=O)(=O)N3CCCCCC3)cc2)cs1. The molecule has 1 saturated heterocycles. The lowest BCUT2D eigenvalue weighted by atomic mass is 10.2. The van der Waals surface area contributed by atoms with Gasteiger partial charge in [-0.05, 0) is 31.9 Å². The Balaban J connectivity index is 1.72. The Morgan fingerprint density at radius 2 is 1.85 bits per heavy atom. The van der Waals surface area contributed by atoms with Gasteiger partial charge in [0.15, 0.2) is 5.13 Å². The van der Waals surface area contributed by atoms with Crippen LogP contribution >= 0.6 is 11.3 Å². The van der Waals surface area contributed by atoms with Crippen molar-refractivity contribution in [1.29, 1.82) is 0 Å². The van der Waals surface area contributed by atoms with Crippen LogP contribution in [0.25, 0.3) is 11.3 Å². The molecule has 0 aliphatic carbocycles. The maximum atomic E-state index is 12.9. The highest BCUT2D eigenvalue weighted by Crippen LogP contribution is 2.27. The van der Waals surface area contributed by atoms with Gasteiger partial charge in [0.1, 0.15) is 0 Å². The van der Waals surface area contributed by atoms with Gasteiger partial charge in [0.2, 0.25) is 10.0 Å². The number of sulfonamides is 1. The topological polar surface area (TPSA) is 71.5 Å². The summed E-state index contributed by atoms with van der Waals surface area (Å²) in [7, 11) is -1.74. The summed E-state index contributed by atoms with van der Waals surface area (Å²) < 4.78 is 32.5. The summed E-state index contributed by atoms with van der Waals surface area (Å²) in [4.78, 5) is 4.95. The van der Waals surface area contributed by atoms with Gasteiger partial charge in [0.05, 0.1) is 17.2 Å². The molecule has 1 aromatic heterocycles. The molecule has 2 heterocycles. The number of hydrogen-bond acceptors (Lipinski definition) is 6. The fourth-order valence-electron chi connectivity index (χ4n) is 3.20. The van der Waals surface area contributed by atoms with Gasteiger partial charge in [-0.25, -0.2) is 13.4 Å². The van der Waals surface area contributed by atoms with Crippen LogP contribution in [0.2, 0.25) is 0 Å². The van der Waals surface area contributed by atoms with E-state index in [4.69, 9.17) is 4.74 Å². The largest absolute Gasteiger partial charge is 0.383 e. The zero-order valence-electron chi connectivity index (χ0n) is 15.8. The van der Waals surface area contributed by atoms with Crippen molar-refractivity contribution in [3.63, 3.8) is 0 Å². The summed E-state index contributed by atoms with van der Waals surface area (Å²) in [5.74, 6) is 0. The quantitative estimate of drug-likeness (QED) is 0.753. The first-order valence-electron chi connectivity index (χ1n) is 9.32. The molecule has 0 unspecified atom stereocenters. The predicted octanol–water partition coefficient (Wildman–Crippen LogP) is 3.82. The van der Waals surface area contributed by atoms with Crippen LogP contribution in [0.15, 0.2) is 34.5 Å². The highest BCUT2D eigenvalue weighted by atomic mass is 32.2. The van der Waals surface area contributed by atoms with Gasteiger partial charge in [-0.1, -0.05) is 25.0 Å².